The van der Waals surface area contributed by atoms with E-state index in [1.165, 1.54) is 0 Å². The van der Waals surface area contributed by atoms with E-state index in [9.17, 15) is 0 Å². The van der Waals surface area contributed by atoms with Gasteiger partial charge in [-0.15, -0.1) is 0 Å². The molecule has 92 valence electrons. The van der Waals surface area contributed by atoms with Crippen LogP contribution >= 0.6 is 0 Å². The maximum Gasteiger partial charge on any atom is 0.0666 e. The van der Waals surface area contributed by atoms with Crippen LogP contribution in [0.15, 0.2) is 0 Å². The van der Waals surface area contributed by atoms with Crippen molar-refractivity contribution in [3.05, 3.63) is 0 Å². The van der Waals surface area contributed by atoms with Crippen LogP contribution in [0.4, 0.5) is 0 Å². The van der Waals surface area contributed by atoms with Crippen LogP contribution in [0.1, 0.15) is 46.5 Å². The molecule has 0 atom stereocenters. The van der Waals surface area contributed by atoms with E-state index in [0.717, 1.165) is 38.9 Å². The molecule has 0 radical (unpaired) electrons. The van der Waals surface area contributed by atoms with Crippen molar-refractivity contribution in [2.75, 3.05) is 26.4 Å². The maximum atomic E-state index is 6.03. The van der Waals surface area contributed by atoms with Gasteiger partial charge in [0.15, 0.2) is 0 Å². The van der Waals surface area contributed by atoms with Crippen LogP contribution in [0.25, 0.3) is 0 Å². The molecule has 3 nitrogen and oxygen atoms in total. The van der Waals surface area contributed by atoms with Crippen molar-refractivity contribution in [1.82, 2.24) is 0 Å². The SMILES string of the molecule is CCCCOCC(C)(N)COCCCC. The number of unbranched alkanes of at least 4 members (excludes halogenated alkanes) is 2. The molecule has 15 heavy (non-hydrogen) atoms. The molecule has 0 spiro atoms. The molecule has 0 aliphatic rings. The molecule has 0 heterocycles. The topological polar surface area (TPSA) is 44.5 Å². The Hall–Kier alpha value is -0.120. The minimum atomic E-state index is -0.346. The van der Waals surface area contributed by atoms with Gasteiger partial charge in [-0.05, 0) is 19.8 Å². The van der Waals surface area contributed by atoms with E-state index in [1.54, 1.807) is 0 Å². The van der Waals surface area contributed by atoms with Gasteiger partial charge >= 0.3 is 0 Å². The van der Waals surface area contributed by atoms with Gasteiger partial charge in [0.1, 0.15) is 0 Å². The molecule has 0 saturated heterocycles. The van der Waals surface area contributed by atoms with Crippen molar-refractivity contribution in [2.24, 2.45) is 5.73 Å². The Labute approximate surface area is 94.3 Å². The number of rotatable bonds is 10. The van der Waals surface area contributed by atoms with E-state index in [0.29, 0.717) is 13.2 Å². The fraction of sp³-hybridized carbons (Fsp3) is 1.00. The van der Waals surface area contributed by atoms with E-state index < -0.39 is 0 Å². The lowest BCUT2D eigenvalue weighted by molar-refractivity contribution is 0.0284. The van der Waals surface area contributed by atoms with Crippen LogP contribution in [-0.4, -0.2) is 32.0 Å². The highest BCUT2D eigenvalue weighted by Gasteiger charge is 2.18. The monoisotopic (exact) mass is 217 g/mol. The Bertz CT molecular complexity index is 124. The third-order valence-corrected chi connectivity index (χ3v) is 2.15. The van der Waals surface area contributed by atoms with E-state index in [2.05, 4.69) is 13.8 Å². The van der Waals surface area contributed by atoms with Gasteiger partial charge < -0.3 is 15.2 Å². The van der Waals surface area contributed by atoms with Crippen molar-refractivity contribution in [2.45, 2.75) is 52.0 Å². The molecule has 0 aliphatic heterocycles. The zero-order chi connectivity index (χ0) is 11.6. The van der Waals surface area contributed by atoms with Crippen molar-refractivity contribution < 1.29 is 9.47 Å². The first-order valence-electron chi connectivity index (χ1n) is 6.06. The van der Waals surface area contributed by atoms with Gasteiger partial charge in [-0.2, -0.15) is 0 Å². The molecule has 0 aromatic carbocycles. The number of hydrogen-bond acceptors (Lipinski definition) is 3. The van der Waals surface area contributed by atoms with E-state index in [1.807, 2.05) is 6.92 Å². The molecular weight excluding hydrogens is 190 g/mol. The molecule has 0 aliphatic carbocycles. The minimum absolute atomic E-state index is 0.346. The zero-order valence-electron chi connectivity index (χ0n) is 10.6. The Morgan fingerprint density at radius 1 is 0.933 bits per heavy atom. The largest absolute Gasteiger partial charge is 0.379 e. The Kier molecular flexibility index (Phi) is 9.06. The molecule has 0 bridgehead atoms. The first-order valence-corrected chi connectivity index (χ1v) is 6.06. The second-order valence-corrected chi connectivity index (χ2v) is 4.47. The number of nitrogens with two attached hydrogens (primary N) is 1. The minimum Gasteiger partial charge on any atom is -0.379 e. The lowest BCUT2D eigenvalue weighted by Gasteiger charge is -2.24. The number of ether oxygens (including phenoxy) is 2. The second-order valence-electron chi connectivity index (χ2n) is 4.47. The van der Waals surface area contributed by atoms with E-state index in [4.69, 9.17) is 15.2 Å². The van der Waals surface area contributed by atoms with Gasteiger partial charge in [-0.3, -0.25) is 0 Å². The molecule has 0 fully saturated rings. The van der Waals surface area contributed by atoms with Crippen molar-refractivity contribution >= 4 is 0 Å². The van der Waals surface area contributed by atoms with Crippen molar-refractivity contribution in [1.29, 1.82) is 0 Å². The zero-order valence-corrected chi connectivity index (χ0v) is 10.6. The maximum absolute atomic E-state index is 6.03. The quantitative estimate of drug-likeness (QED) is 0.571. The highest BCUT2D eigenvalue weighted by Crippen LogP contribution is 2.03. The second kappa shape index (κ2) is 9.13. The summed E-state index contributed by atoms with van der Waals surface area (Å²) in [7, 11) is 0. The summed E-state index contributed by atoms with van der Waals surface area (Å²) in [5, 5.41) is 0. The number of hydrogen-bond donors (Lipinski definition) is 1. The van der Waals surface area contributed by atoms with Crippen molar-refractivity contribution in [3.8, 4) is 0 Å². The summed E-state index contributed by atoms with van der Waals surface area (Å²) in [5.74, 6) is 0. The molecule has 2 N–H and O–H groups in total. The van der Waals surface area contributed by atoms with E-state index in [-0.39, 0.29) is 5.54 Å². The first kappa shape index (κ1) is 14.9. The molecule has 0 aromatic heterocycles. The predicted molar refractivity (Wildman–Crippen MR) is 64.0 cm³/mol. The molecule has 0 aromatic rings. The molecule has 0 unspecified atom stereocenters. The third-order valence-electron chi connectivity index (χ3n) is 2.15. The summed E-state index contributed by atoms with van der Waals surface area (Å²) in [6.45, 7) is 9.05. The van der Waals surface area contributed by atoms with Crippen LogP contribution in [-0.2, 0) is 9.47 Å². The van der Waals surface area contributed by atoms with Crippen LogP contribution in [0.5, 0.6) is 0 Å². The van der Waals surface area contributed by atoms with Crippen molar-refractivity contribution in [3.63, 3.8) is 0 Å². The predicted octanol–water partition coefficient (Wildman–Crippen LogP) is 2.34. The van der Waals surface area contributed by atoms with E-state index >= 15 is 0 Å². The smallest absolute Gasteiger partial charge is 0.0666 e. The average molecular weight is 217 g/mol. The highest BCUT2D eigenvalue weighted by molar-refractivity contribution is 4.77. The van der Waals surface area contributed by atoms with Gasteiger partial charge in [0.05, 0.1) is 18.8 Å². The summed E-state index contributed by atoms with van der Waals surface area (Å²) in [4.78, 5) is 0. The molecule has 3 heteroatoms. The van der Waals surface area contributed by atoms with Crippen LogP contribution in [0.3, 0.4) is 0 Å². The molecule has 0 amide bonds. The highest BCUT2D eigenvalue weighted by atomic mass is 16.5. The first-order chi connectivity index (χ1) is 7.12. The Morgan fingerprint density at radius 3 is 1.67 bits per heavy atom. The lowest BCUT2D eigenvalue weighted by Crippen LogP contribution is -2.46. The van der Waals surface area contributed by atoms with Gasteiger partial charge in [0.2, 0.25) is 0 Å². The van der Waals surface area contributed by atoms with Gasteiger partial charge in [-0.25, -0.2) is 0 Å². The van der Waals surface area contributed by atoms with Crippen LogP contribution in [0.2, 0.25) is 0 Å². The average Bonchev–Trinajstić information content (AvgIpc) is 2.20. The van der Waals surface area contributed by atoms with Gasteiger partial charge in [0.25, 0.3) is 0 Å². The van der Waals surface area contributed by atoms with Crippen LogP contribution in [0, 0.1) is 0 Å². The van der Waals surface area contributed by atoms with Gasteiger partial charge in [-0.1, -0.05) is 26.7 Å². The normalized spacial score (nSPS) is 12.0. The standard InChI is InChI=1S/C12H27NO2/c1-4-6-8-14-10-12(3,13)11-15-9-7-5-2/h4-11,13H2,1-3H3. The Morgan fingerprint density at radius 2 is 1.33 bits per heavy atom. The lowest BCUT2D eigenvalue weighted by atomic mass is 10.1. The fourth-order valence-corrected chi connectivity index (χ4v) is 1.15. The summed E-state index contributed by atoms with van der Waals surface area (Å²) >= 11 is 0. The third kappa shape index (κ3) is 10.2. The van der Waals surface area contributed by atoms with Gasteiger partial charge in [0, 0.05) is 13.2 Å². The summed E-state index contributed by atoms with van der Waals surface area (Å²) in [6, 6.07) is 0. The molecular formula is C12H27NO2. The summed E-state index contributed by atoms with van der Waals surface area (Å²) in [5.41, 5.74) is 5.69. The molecule has 0 saturated carbocycles. The Balaban J connectivity index is 3.40. The molecule has 0 rings (SSSR count). The fourth-order valence-electron chi connectivity index (χ4n) is 1.15. The summed E-state index contributed by atoms with van der Waals surface area (Å²) in [6.07, 6.45) is 4.53. The van der Waals surface area contributed by atoms with Crippen LogP contribution < -0.4 is 5.73 Å². The summed E-state index contributed by atoms with van der Waals surface area (Å²) < 4.78 is 11.0.